The standard InChI is InChI=1S/C32H35N5O5S2/c1-20-36-37-32(44-20)43-19-25-17-28(22-14-12-21(18-38)13-15-22)42-31(41-25)23-6-4-7-24(16-23)34-29(39)10-5-11-30(40)35-27-9-3-2-8-26(27)33/h2-4,6-9,12-16,25,28,31,38H,5,10-11,17-19,33H2,1H3,(H,34,39)(H,35,40)/t25-,28+,31+/m0/s1. The van der Waals surface area contributed by atoms with Crippen LogP contribution in [0.25, 0.3) is 0 Å². The lowest BCUT2D eigenvalue weighted by molar-refractivity contribution is -0.245. The summed E-state index contributed by atoms with van der Waals surface area (Å²) in [5, 5.41) is 24.4. The van der Waals surface area contributed by atoms with Crippen molar-refractivity contribution in [3.8, 4) is 0 Å². The molecule has 1 fully saturated rings. The average Bonchev–Trinajstić information content (AvgIpc) is 3.46. The van der Waals surface area contributed by atoms with Gasteiger partial charge in [-0.25, -0.2) is 0 Å². The fourth-order valence-corrected chi connectivity index (χ4v) is 6.60. The molecule has 0 spiro atoms. The Hall–Kier alpha value is -3.81. The van der Waals surface area contributed by atoms with E-state index in [1.807, 2.05) is 55.5 Å². The molecule has 1 aliphatic heterocycles. The highest BCUT2D eigenvalue weighted by Crippen LogP contribution is 2.40. The third-order valence-corrected chi connectivity index (χ3v) is 9.10. The van der Waals surface area contributed by atoms with Gasteiger partial charge >= 0.3 is 0 Å². The van der Waals surface area contributed by atoms with E-state index in [-0.39, 0.29) is 43.5 Å². The van der Waals surface area contributed by atoms with Gasteiger partial charge < -0.3 is 30.9 Å². The van der Waals surface area contributed by atoms with Crippen molar-refractivity contribution in [2.24, 2.45) is 0 Å². The van der Waals surface area contributed by atoms with Crippen molar-refractivity contribution in [1.29, 1.82) is 0 Å². The average molecular weight is 634 g/mol. The van der Waals surface area contributed by atoms with E-state index in [1.165, 1.54) is 0 Å². The summed E-state index contributed by atoms with van der Waals surface area (Å²) in [5.41, 5.74) is 10.2. The van der Waals surface area contributed by atoms with Gasteiger partial charge in [0, 0.05) is 36.3 Å². The van der Waals surface area contributed by atoms with Crippen molar-refractivity contribution in [1.82, 2.24) is 10.2 Å². The minimum atomic E-state index is -0.654. The molecule has 230 valence electrons. The van der Waals surface area contributed by atoms with Crippen molar-refractivity contribution in [3.63, 3.8) is 0 Å². The predicted octanol–water partition coefficient (Wildman–Crippen LogP) is 6.01. The molecule has 3 atom stereocenters. The number of nitrogens with two attached hydrogens (primary N) is 1. The lowest BCUT2D eigenvalue weighted by atomic mass is 10.0. The number of hydrogen-bond acceptors (Lipinski definition) is 10. The van der Waals surface area contributed by atoms with Gasteiger partial charge in [0.1, 0.15) is 5.01 Å². The molecule has 5 N–H and O–H groups in total. The molecule has 44 heavy (non-hydrogen) atoms. The van der Waals surface area contributed by atoms with Crippen molar-refractivity contribution in [3.05, 3.63) is 94.5 Å². The number of aromatic nitrogens is 2. The zero-order chi connectivity index (χ0) is 30.9. The number of amides is 2. The maximum Gasteiger partial charge on any atom is 0.224 e. The number of carbonyl (C=O) groups excluding carboxylic acids is 2. The molecule has 1 aliphatic rings. The van der Waals surface area contributed by atoms with E-state index >= 15 is 0 Å². The number of nitrogen functional groups attached to an aromatic ring is 1. The Bertz CT molecular complexity index is 1560. The smallest absolute Gasteiger partial charge is 0.224 e. The zero-order valence-electron chi connectivity index (χ0n) is 24.3. The first kappa shape index (κ1) is 31.6. The Morgan fingerprint density at radius 2 is 1.75 bits per heavy atom. The number of benzene rings is 3. The SMILES string of the molecule is Cc1nnc(SC[C@@H]2C[C@H](c3ccc(CO)cc3)O[C@H](c3cccc(NC(=O)CCCC(=O)Nc4ccccc4N)c3)O2)s1. The van der Waals surface area contributed by atoms with Crippen LogP contribution in [-0.2, 0) is 25.7 Å². The van der Waals surface area contributed by atoms with Gasteiger partial charge in [-0.2, -0.15) is 0 Å². The molecule has 3 aromatic carbocycles. The first-order valence-electron chi connectivity index (χ1n) is 14.3. The van der Waals surface area contributed by atoms with Gasteiger partial charge in [0.15, 0.2) is 10.6 Å². The van der Waals surface area contributed by atoms with E-state index in [2.05, 4.69) is 20.8 Å². The third kappa shape index (κ3) is 8.87. The van der Waals surface area contributed by atoms with Gasteiger partial charge in [0.05, 0.1) is 30.2 Å². The Labute approximate surface area is 264 Å². The topological polar surface area (TPSA) is 149 Å². The molecule has 0 radical (unpaired) electrons. The van der Waals surface area contributed by atoms with E-state index in [1.54, 1.807) is 47.4 Å². The van der Waals surface area contributed by atoms with Crippen LogP contribution in [0.15, 0.2) is 77.1 Å². The molecule has 2 heterocycles. The second-order valence-electron chi connectivity index (χ2n) is 10.4. The largest absolute Gasteiger partial charge is 0.397 e. The fraction of sp³-hybridized carbons (Fsp3) is 0.312. The number of anilines is 3. The molecule has 1 aromatic heterocycles. The molecular formula is C32H35N5O5S2. The molecule has 0 unspecified atom stereocenters. The molecule has 4 aromatic rings. The van der Waals surface area contributed by atoms with Crippen LogP contribution in [-0.4, -0.2) is 39.0 Å². The maximum atomic E-state index is 12.7. The number of nitrogens with one attached hydrogen (secondary N) is 2. The number of thioether (sulfide) groups is 1. The van der Waals surface area contributed by atoms with Gasteiger partial charge in [-0.15, -0.1) is 10.2 Å². The molecule has 0 bridgehead atoms. The van der Waals surface area contributed by atoms with Crippen molar-refractivity contribution < 1.29 is 24.2 Å². The Kier molecular flexibility index (Phi) is 11.0. The summed E-state index contributed by atoms with van der Waals surface area (Å²) >= 11 is 3.16. The number of aliphatic hydroxyl groups excluding tert-OH is 1. The minimum absolute atomic E-state index is 0.0212. The summed E-state index contributed by atoms with van der Waals surface area (Å²) < 4.78 is 13.7. The van der Waals surface area contributed by atoms with Gasteiger partial charge in [0.25, 0.3) is 0 Å². The predicted molar refractivity (Wildman–Crippen MR) is 172 cm³/mol. The minimum Gasteiger partial charge on any atom is -0.397 e. The Morgan fingerprint density at radius 3 is 2.48 bits per heavy atom. The van der Waals surface area contributed by atoms with E-state index in [4.69, 9.17) is 15.2 Å². The molecule has 0 aliphatic carbocycles. The third-order valence-electron chi connectivity index (χ3n) is 7.00. The van der Waals surface area contributed by atoms with Gasteiger partial charge in [-0.3, -0.25) is 9.59 Å². The molecule has 2 amide bonds. The number of hydrogen-bond donors (Lipinski definition) is 4. The molecule has 12 heteroatoms. The first-order valence-corrected chi connectivity index (χ1v) is 16.1. The quantitative estimate of drug-likeness (QED) is 0.109. The summed E-state index contributed by atoms with van der Waals surface area (Å²) in [6.07, 6.45) is 0.430. The summed E-state index contributed by atoms with van der Waals surface area (Å²) in [6.45, 7) is 1.91. The van der Waals surface area contributed by atoms with Crippen molar-refractivity contribution in [2.45, 2.75) is 62.1 Å². The van der Waals surface area contributed by atoms with Crippen LogP contribution >= 0.6 is 23.1 Å². The van der Waals surface area contributed by atoms with E-state index in [0.29, 0.717) is 35.7 Å². The summed E-state index contributed by atoms with van der Waals surface area (Å²) in [7, 11) is 0. The van der Waals surface area contributed by atoms with E-state index in [9.17, 15) is 14.7 Å². The Balaban J connectivity index is 1.20. The maximum absolute atomic E-state index is 12.7. The highest BCUT2D eigenvalue weighted by Gasteiger charge is 2.32. The lowest BCUT2D eigenvalue weighted by Gasteiger charge is -2.36. The first-order chi connectivity index (χ1) is 21.4. The molecule has 0 saturated carbocycles. The van der Waals surface area contributed by atoms with Gasteiger partial charge in [0.2, 0.25) is 11.8 Å². The molecule has 5 rings (SSSR count). The van der Waals surface area contributed by atoms with Crippen LogP contribution < -0.4 is 16.4 Å². The number of aryl methyl sites for hydroxylation is 1. The zero-order valence-corrected chi connectivity index (χ0v) is 25.9. The van der Waals surface area contributed by atoms with Crippen LogP contribution in [0.3, 0.4) is 0 Å². The fourth-order valence-electron chi connectivity index (χ4n) is 4.74. The number of nitrogens with zero attached hydrogens (tertiary/aromatic N) is 2. The lowest BCUT2D eigenvalue weighted by Crippen LogP contribution is -2.31. The van der Waals surface area contributed by atoms with Crippen LogP contribution in [0.5, 0.6) is 0 Å². The monoisotopic (exact) mass is 633 g/mol. The number of rotatable bonds is 12. The number of para-hydroxylation sites is 2. The Morgan fingerprint density at radius 1 is 0.977 bits per heavy atom. The van der Waals surface area contributed by atoms with Crippen LogP contribution in [0.2, 0.25) is 0 Å². The highest BCUT2D eigenvalue weighted by atomic mass is 32.2. The van der Waals surface area contributed by atoms with Gasteiger partial charge in [-0.1, -0.05) is 71.6 Å². The molecule has 10 nitrogen and oxygen atoms in total. The van der Waals surface area contributed by atoms with E-state index in [0.717, 1.165) is 26.0 Å². The normalized spacial score (nSPS) is 18.1. The number of ether oxygens (including phenoxy) is 2. The van der Waals surface area contributed by atoms with Crippen molar-refractivity contribution >= 4 is 52.0 Å². The second-order valence-corrected chi connectivity index (χ2v) is 12.9. The van der Waals surface area contributed by atoms with E-state index < -0.39 is 6.29 Å². The van der Waals surface area contributed by atoms with Crippen LogP contribution in [0.4, 0.5) is 17.1 Å². The summed E-state index contributed by atoms with van der Waals surface area (Å²) in [6, 6.07) is 22.2. The van der Waals surface area contributed by atoms with Gasteiger partial charge in [-0.05, 0) is 48.7 Å². The number of carbonyl (C=O) groups is 2. The summed E-state index contributed by atoms with van der Waals surface area (Å²) in [5.74, 6) is 0.294. The second kappa shape index (κ2) is 15.3. The molecule has 1 saturated heterocycles. The van der Waals surface area contributed by atoms with Crippen LogP contribution in [0.1, 0.15) is 59.8 Å². The summed E-state index contributed by atoms with van der Waals surface area (Å²) in [4.78, 5) is 25.0. The van der Waals surface area contributed by atoms with Crippen molar-refractivity contribution in [2.75, 3.05) is 22.1 Å². The molecular weight excluding hydrogens is 599 g/mol. The number of aliphatic hydroxyl groups is 1. The van der Waals surface area contributed by atoms with Crippen LogP contribution in [0, 0.1) is 6.92 Å². The highest BCUT2D eigenvalue weighted by molar-refractivity contribution is 8.01.